The third-order valence-electron chi connectivity index (χ3n) is 2.73. The van der Waals surface area contributed by atoms with Crippen LogP contribution in [0, 0.1) is 0 Å². The number of anilines is 2. The van der Waals surface area contributed by atoms with E-state index in [1.165, 1.54) is 7.11 Å². The summed E-state index contributed by atoms with van der Waals surface area (Å²) in [5.74, 6) is -1.34. The van der Waals surface area contributed by atoms with E-state index in [-0.39, 0.29) is 22.2 Å². The molecule has 0 spiro atoms. The predicted octanol–water partition coefficient (Wildman–Crippen LogP) is 0.289. The lowest BCUT2D eigenvalue weighted by molar-refractivity contribution is 0.0365. The average Bonchev–Trinajstić information content (AvgIpc) is 2.79. The van der Waals surface area contributed by atoms with E-state index >= 15 is 0 Å². The lowest BCUT2D eigenvalue weighted by atomic mass is 10.2. The first-order valence-corrected chi connectivity index (χ1v) is 6.83. The van der Waals surface area contributed by atoms with Crippen molar-refractivity contribution in [3.8, 4) is 0 Å². The Kier molecular flexibility index (Phi) is 6.40. The first-order chi connectivity index (χ1) is 9.96. The molecule has 1 aromatic heterocycles. The number of carbonyl (C=O) groups excluding carboxylic acids is 2. The van der Waals surface area contributed by atoms with Gasteiger partial charge in [-0.15, -0.1) is 11.3 Å². The Bertz CT molecular complexity index is 517. The van der Waals surface area contributed by atoms with Gasteiger partial charge in [0.2, 0.25) is 0 Å². The smallest absolute Gasteiger partial charge is 0.343 e. The van der Waals surface area contributed by atoms with Crippen LogP contribution < -0.4 is 16.8 Å². The number of methoxy groups -OCH3 is 3. The molecule has 0 aliphatic heterocycles. The molecule has 0 radical (unpaired) electrons. The molecule has 118 valence electrons. The largest absolute Gasteiger partial charge is 0.465 e. The van der Waals surface area contributed by atoms with Gasteiger partial charge in [0, 0.05) is 20.8 Å². The molecule has 21 heavy (non-hydrogen) atoms. The number of ether oxygens (including phenoxy) is 3. The summed E-state index contributed by atoms with van der Waals surface area (Å²) in [6.45, 7) is 0.743. The Labute approximate surface area is 126 Å². The van der Waals surface area contributed by atoms with E-state index in [1.54, 1.807) is 14.2 Å². The Morgan fingerprint density at radius 1 is 1.33 bits per heavy atom. The number of thiophene rings is 1. The molecule has 0 fully saturated rings. The van der Waals surface area contributed by atoms with E-state index < -0.39 is 11.9 Å². The van der Waals surface area contributed by atoms with Crippen molar-refractivity contribution >= 4 is 33.9 Å². The Balaban J connectivity index is 3.02. The molecular formula is C12H19N3O5S. The van der Waals surface area contributed by atoms with E-state index in [2.05, 4.69) is 10.1 Å². The van der Waals surface area contributed by atoms with E-state index in [1.807, 2.05) is 0 Å². The molecule has 0 aliphatic rings. The second-order valence-electron chi connectivity index (χ2n) is 4.10. The molecule has 0 aliphatic carbocycles. The zero-order valence-corrected chi connectivity index (χ0v) is 12.9. The fourth-order valence-electron chi connectivity index (χ4n) is 1.66. The van der Waals surface area contributed by atoms with Gasteiger partial charge in [0.1, 0.15) is 15.4 Å². The molecule has 1 aromatic rings. The SMILES string of the molecule is COCC(CNc1sc(C(N)=O)c(N)c1C(=O)OC)OC. The highest BCUT2D eigenvalue weighted by Crippen LogP contribution is 2.36. The highest BCUT2D eigenvalue weighted by Gasteiger charge is 2.25. The molecule has 9 heteroatoms. The Hall–Kier alpha value is -1.84. The van der Waals surface area contributed by atoms with Gasteiger partial charge in [-0.25, -0.2) is 4.79 Å². The van der Waals surface area contributed by atoms with Gasteiger partial charge in [-0.3, -0.25) is 4.79 Å². The highest BCUT2D eigenvalue weighted by atomic mass is 32.1. The molecular weight excluding hydrogens is 298 g/mol. The first kappa shape index (κ1) is 17.2. The standard InChI is InChI=1S/C12H19N3O5S/c1-18-5-6(19-2)4-15-11-7(12(17)20-3)8(13)9(21-11)10(14)16/h6,15H,4-5,13H2,1-3H3,(H2,14,16). The number of rotatable bonds is 8. The third-order valence-corrected chi connectivity index (χ3v) is 3.91. The molecule has 1 amide bonds. The molecule has 0 bridgehead atoms. The number of nitrogen functional groups attached to an aromatic ring is 1. The molecule has 0 aromatic carbocycles. The van der Waals surface area contributed by atoms with Gasteiger partial charge >= 0.3 is 5.97 Å². The molecule has 1 rings (SSSR count). The number of hydrogen-bond donors (Lipinski definition) is 3. The monoisotopic (exact) mass is 317 g/mol. The highest BCUT2D eigenvalue weighted by molar-refractivity contribution is 7.19. The van der Waals surface area contributed by atoms with Crippen LogP contribution in [0.2, 0.25) is 0 Å². The lowest BCUT2D eigenvalue weighted by Crippen LogP contribution is -2.26. The number of hydrogen-bond acceptors (Lipinski definition) is 8. The molecule has 1 unspecified atom stereocenters. The summed E-state index contributed by atoms with van der Waals surface area (Å²) in [5, 5.41) is 3.41. The average molecular weight is 317 g/mol. The quantitative estimate of drug-likeness (QED) is 0.588. The summed E-state index contributed by atoms with van der Waals surface area (Å²) < 4.78 is 14.9. The van der Waals surface area contributed by atoms with Crippen molar-refractivity contribution in [1.29, 1.82) is 0 Å². The van der Waals surface area contributed by atoms with Crippen molar-refractivity contribution in [2.45, 2.75) is 6.10 Å². The maximum atomic E-state index is 11.8. The minimum absolute atomic E-state index is 0.0163. The minimum atomic E-state index is -0.698. The van der Waals surface area contributed by atoms with Crippen molar-refractivity contribution in [2.75, 3.05) is 45.5 Å². The molecule has 8 nitrogen and oxygen atoms in total. The van der Waals surface area contributed by atoms with Crippen LogP contribution in [-0.4, -0.2) is 52.5 Å². The summed E-state index contributed by atoms with van der Waals surface area (Å²) in [6.07, 6.45) is -0.221. The number of amides is 1. The summed E-state index contributed by atoms with van der Waals surface area (Å²) in [5.41, 5.74) is 11.1. The lowest BCUT2D eigenvalue weighted by Gasteiger charge is -2.15. The summed E-state index contributed by atoms with van der Waals surface area (Å²) in [7, 11) is 4.33. The van der Waals surface area contributed by atoms with Gasteiger partial charge in [-0.05, 0) is 0 Å². The number of nitrogens with one attached hydrogen (secondary N) is 1. The van der Waals surface area contributed by atoms with Crippen LogP contribution >= 0.6 is 11.3 Å². The van der Waals surface area contributed by atoms with Crippen LogP contribution in [0.3, 0.4) is 0 Å². The van der Waals surface area contributed by atoms with E-state index in [4.69, 9.17) is 20.9 Å². The van der Waals surface area contributed by atoms with Gasteiger partial charge in [0.15, 0.2) is 0 Å². The summed E-state index contributed by atoms with van der Waals surface area (Å²) in [6, 6.07) is 0. The molecule has 1 heterocycles. The van der Waals surface area contributed by atoms with Crippen molar-refractivity contribution in [3.05, 3.63) is 10.4 Å². The first-order valence-electron chi connectivity index (χ1n) is 6.02. The van der Waals surface area contributed by atoms with Crippen LogP contribution in [-0.2, 0) is 14.2 Å². The van der Waals surface area contributed by atoms with E-state index in [0.717, 1.165) is 11.3 Å². The summed E-state index contributed by atoms with van der Waals surface area (Å²) >= 11 is 1.00. The summed E-state index contributed by atoms with van der Waals surface area (Å²) in [4.78, 5) is 23.2. The number of nitrogens with two attached hydrogens (primary N) is 2. The number of primary amides is 1. The maximum Gasteiger partial charge on any atom is 0.343 e. The van der Waals surface area contributed by atoms with Crippen LogP contribution in [0.15, 0.2) is 0 Å². The minimum Gasteiger partial charge on any atom is -0.465 e. The number of esters is 1. The van der Waals surface area contributed by atoms with Gasteiger partial charge in [0.25, 0.3) is 5.91 Å². The van der Waals surface area contributed by atoms with Gasteiger partial charge in [-0.1, -0.05) is 0 Å². The van der Waals surface area contributed by atoms with Crippen LogP contribution in [0.25, 0.3) is 0 Å². The topological polar surface area (TPSA) is 126 Å². The second-order valence-corrected chi connectivity index (χ2v) is 5.12. The Morgan fingerprint density at radius 2 is 2.00 bits per heavy atom. The van der Waals surface area contributed by atoms with Crippen molar-refractivity contribution in [2.24, 2.45) is 5.73 Å². The van der Waals surface area contributed by atoms with E-state index in [9.17, 15) is 9.59 Å². The zero-order chi connectivity index (χ0) is 16.0. The molecule has 0 saturated carbocycles. The number of carbonyl (C=O) groups is 2. The normalized spacial score (nSPS) is 12.0. The van der Waals surface area contributed by atoms with Crippen molar-refractivity contribution < 1.29 is 23.8 Å². The zero-order valence-electron chi connectivity index (χ0n) is 12.1. The Morgan fingerprint density at radius 3 is 2.48 bits per heavy atom. The van der Waals surface area contributed by atoms with Gasteiger partial charge in [0.05, 0.1) is 25.5 Å². The van der Waals surface area contributed by atoms with Crippen LogP contribution in [0.1, 0.15) is 20.0 Å². The third kappa shape index (κ3) is 4.06. The van der Waals surface area contributed by atoms with Crippen molar-refractivity contribution in [1.82, 2.24) is 0 Å². The van der Waals surface area contributed by atoms with E-state index in [0.29, 0.717) is 18.2 Å². The molecule has 5 N–H and O–H groups in total. The predicted molar refractivity (Wildman–Crippen MR) is 79.8 cm³/mol. The van der Waals surface area contributed by atoms with Crippen molar-refractivity contribution in [3.63, 3.8) is 0 Å². The van der Waals surface area contributed by atoms with Crippen LogP contribution in [0.5, 0.6) is 0 Å². The van der Waals surface area contributed by atoms with Crippen LogP contribution in [0.4, 0.5) is 10.7 Å². The molecule has 0 saturated heterocycles. The molecule has 1 atom stereocenters. The second kappa shape index (κ2) is 7.81. The van der Waals surface area contributed by atoms with Gasteiger partial charge < -0.3 is 31.0 Å². The van der Waals surface area contributed by atoms with Gasteiger partial charge in [-0.2, -0.15) is 0 Å². The fraction of sp³-hybridized carbons (Fsp3) is 0.500. The fourth-order valence-corrected chi connectivity index (χ4v) is 2.63. The maximum absolute atomic E-state index is 11.8.